The maximum absolute atomic E-state index is 10.2. The van der Waals surface area contributed by atoms with Gasteiger partial charge in [-0.05, 0) is 48.1 Å². The third-order valence-corrected chi connectivity index (χ3v) is 3.61. The van der Waals surface area contributed by atoms with Crippen molar-refractivity contribution in [2.75, 3.05) is 6.61 Å². The highest BCUT2D eigenvalue weighted by Crippen LogP contribution is 2.27. The van der Waals surface area contributed by atoms with Crippen LogP contribution in [0.25, 0.3) is 0 Å². The van der Waals surface area contributed by atoms with E-state index in [4.69, 9.17) is 4.74 Å². The van der Waals surface area contributed by atoms with E-state index >= 15 is 0 Å². The Hall–Kier alpha value is -1.32. The van der Waals surface area contributed by atoms with Gasteiger partial charge in [0, 0.05) is 4.88 Å². The number of aliphatic hydroxyl groups is 1. The summed E-state index contributed by atoms with van der Waals surface area (Å²) in [6.07, 6.45) is 0.452. The van der Waals surface area contributed by atoms with Gasteiger partial charge in [0.05, 0.1) is 6.61 Å². The maximum atomic E-state index is 10.2. The highest BCUT2D eigenvalue weighted by molar-refractivity contribution is 7.10. The van der Waals surface area contributed by atoms with Gasteiger partial charge in [-0.25, -0.2) is 0 Å². The third-order valence-electron chi connectivity index (χ3n) is 2.74. The minimum atomic E-state index is -0.546. The van der Waals surface area contributed by atoms with E-state index in [0.717, 1.165) is 29.9 Å². The van der Waals surface area contributed by atoms with Crippen molar-refractivity contribution >= 4 is 11.3 Å². The van der Waals surface area contributed by atoms with Gasteiger partial charge in [0.25, 0.3) is 0 Å². The summed E-state index contributed by atoms with van der Waals surface area (Å²) in [4.78, 5) is 1.21. The Bertz CT molecular complexity index is 487. The van der Waals surface area contributed by atoms with E-state index in [0.29, 0.717) is 0 Å². The molecule has 0 amide bonds. The van der Waals surface area contributed by atoms with Crippen LogP contribution in [0.15, 0.2) is 35.7 Å². The Balaban J connectivity index is 2.09. The van der Waals surface area contributed by atoms with Gasteiger partial charge in [0.15, 0.2) is 0 Å². The number of aryl methyl sites for hydroxylation is 1. The minimum absolute atomic E-state index is 0.546. The van der Waals surface area contributed by atoms with Crippen molar-refractivity contribution in [1.82, 2.24) is 0 Å². The number of aliphatic hydroxyl groups excluding tert-OH is 1. The number of rotatable bonds is 5. The summed E-state index contributed by atoms with van der Waals surface area (Å²) < 4.78 is 5.52. The molecule has 1 N–H and O–H groups in total. The van der Waals surface area contributed by atoms with Crippen molar-refractivity contribution in [3.8, 4) is 5.75 Å². The van der Waals surface area contributed by atoms with E-state index in [1.807, 2.05) is 42.6 Å². The van der Waals surface area contributed by atoms with Crippen molar-refractivity contribution in [1.29, 1.82) is 0 Å². The lowest BCUT2D eigenvalue weighted by Crippen LogP contribution is -1.99. The van der Waals surface area contributed by atoms with Gasteiger partial charge in [0.2, 0.25) is 0 Å². The van der Waals surface area contributed by atoms with E-state index < -0.39 is 6.10 Å². The van der Waals surface area contributed by atoms with Crippen molar-refractivity contribution in [2.24, 2.45) is 0 Å². The molecule has 0 fully saturated rings. The van der Waals surface area contributed by atoms with Crippen LogP contribution in [-0.4, -0.2) is 11.7 Å². The highest BCUT2D eigenvalue weighted by atomic mass is 32.1. The van der Waals surface area contributed by atoms with Gasteiger partial charge in [-0.1, -0.05) is 19.1 Å². The summed E-state index contributed by atoms with van der Waals surface area (Å²) in [6.45, 7) is 4.85. The molecule has 0 aliphatic carbocycles. The number of thiophene rings is 1. The number of ether oxygens (including phenoxy) is 1. The van der Waals surface area contributed by atoms with Gasteiger partial charge in [-0.2, -0.15) is 0 Å². The molecule has 1 atom stereocenters. The van der Waals surface area contributed by atoms with Crippen LogP contribution >= 0.6 is 11.3 Å². The SMILES string of the molecule is CCCOc1ccc(C(O)c2csc(C)c2)cc1. The van der Waals surface area contributed by atoms with Crippen LogP contribution in [-0.2, 0) is 0 Å². The number of hydrogen-bond donors (Lipinski definition) is 1. The van der Waals surface area contributed by atoms with Gasteiger partial charge < -0.3 is 9.84 Å². The predicted octanol–water partition coefficient (Wildman–Crippen LogP) is 3.93. The molecule has 3 heteroatoms. The van der Waals surface area contributed by atoms with Crippen LogP contribution in [0.5, 0.6) is 5.75 Å². The first-order valence-corrected chi connectivity index (χ1v) is 7.04. The molecule has 2 aromatic rings. The zero-order chi connectivity index (χ0) is 13.0. The molecule has 0 saturated heterocycles. The Kier molecular flexibility index (Phi) is 4.39. The fraction of sp³-hybridized carbons (Fsp3) is 0.333. The van der Waals surface area contributed by atoms with E-state index in [2.05, 4.69) is 6.92 Å². The van der Waals surface area contributed by atoms with Gasteiger partial charge in [-0.3, -0.25) is 0 Å². The first-order valence-electron chi connectivity index (χ1n) is 6.16. The van der Waals surface area contributed by atoms with Crippen molar-refractivity contribution in [3.05, 3.63) is 51.7 Å². The standard InChI is InChI=1S/C15H18O2S/c1-3-8-17-14-6-4-12(5-7-14)15(16)13-9-11(2)18-10-13/h4-7,9-10,15-16H,3,8H2,1-2H3. The van der Waals surface area contributed by atoms with E-state index in [-0.39, 0.29) is 0 Å². The number of benzene rings is 1. The summed E-state index contributed by atoms with van der Waals surface area (Å²) in [6, 6.07) is 9.68. The molecule has 2 rings (SSSR count). The molecule has 2 nitrogen and oxygen atoms in total. The van der Waals surface area contributed by atoms with Gasteiger partial charge in [-0.15, -0.1) is 11.3 Å². The average molecular weight is 262 g/mol. The molecule has 1 unspecified atom stereocenters. The molecule has 0 spiro atoms. The molecule has 1 heterocycles. The maximum Gasteiger partial charge on any atom is 0.119 e. The predicted molar refractivity (Wildman–Crippen MR) is 75.3 cm³/mol. The molecular weight excluding hydrogens is 244 g/mol. The Labute approximate surface area is 112 Å². The lowest BCUT2D eigenvalue weighted by Gasteiger charge is -2.10. The van der Waals surface area contributed by atoms with Crippen LogP contribution < -0.4 is 4.74 Å². The second-order valence-electron chi connectivity index (χ2n) is 4.31. The third kappa shape index (κ3) is 3.12. The Morgan fingerprint density at radius 2 is 1.94 bits per heavy atom. The first kappa shape index (κ1) is 13.1. The molecule has 0 aliphatic rings. The second-order valence-corrected chi connectivity index (χ2v) is 5.43. The summed E-state index contributed by atoms with van der Waals surface area (Å²) >= 11 is 1.66. The summed E-state index contributed by atoms with van der Waals surface area (Å²) in [5.41, 5.74) is 1.86. The van der Waals surface area contributed by atoms with Gasteiger partial charge in [0.1, 0.15) is 11.9 Å². The molecule has 0 bridgehead atoms. The van der Waals surface area contributed by atoms with Gasteiger partial charge >= 0.3 is 0 Å². The highest BCUT2D eigenvalue weighted by Gasteiger charge is 2.11. The first-order chi connectivity index (χ1) is 8.70. The molecule has 1 aromatic carbocycles. The van der Waals surface area contributed by atoms with Crippen LogP contribution in [0.4, 0.5) is 0 Å². The molecule has 0 radical (unpaired) electrons. The van der Waals surface area contributed by atoms with E-state index in [1.54, 1.807) is 11.3 Å². The van der Waals surface area contributed by atoms with Crippen molar-refractivity contribution in [2.45, 2.75) is 26.4 Å². The zero-order valence-corrected chi connectivity index (χ0v) is 11.5. The topological polar surface area (TPSA) is 29.5 Å². The lowest BCUT2D eigenvalue weighted by atomic mass is 10.0. The Morgan fingerprint density at radius 3 is 2.50 bits per heavy atom. The molecule has 0 aliphatic heterocycles. The Morgan fingerprint density at radius 1 is 1.22 bits per heavy atom. The summed E-state index contributed by atoms with van der Waals surface area (Å²) in [5, 5.41) is 12.2. The molecule has 0 saturated carbocycles. The molecule has 1 aromatic heterocycles. The fourth-order valence-corrected chi connectivity index (χ4v) is 2.49. The van der Waals surface area contributed by atoms with Crippen LogP contribution in [0, 0.1) is 6.92 Å². The van der Waals surface area contributed by atoms with E-state index in [9.17, 15) is 5.11 Å². The largest absolute Gasteiger partial charge is 0.494 e. The summed E-state index contributed by atoms with van der Waals surface area (Å²) in [5.74, 6) is 0.856. The smallest absolute Gasteiger partial charge is 0.119 e. The van der Waals surface area contributed by atoms with E-state index in [1.165, 1.54) is 4.88 Å². The number of hydrogen-bond acceptors (Lipinski definition) is 3. The molecular formula is C15H18O2S. The molecule has 96 valence electrons. The summed E-state index contributed by atoms with van der Waals surface area (Å²) in [7, 11) is 0. The van der Waals surface area contributed by atoms with Crippen LogP contribution in [0.3, 0.4) is 0 Å². The van der Waals surface area contributed by atoms with Crippen molar-refractivity contribution < 1.29 is 9.84 Å². The van der Waals surface area contributed by atoms with Crippen molar-refractivity contribution in [3.63, 3.8) is 0 Å². The normalized spacial score (nSPS) is 12.4. The van der Waals surface area contributed by atoms with Crippen LogP contribution in [0.1, 0.15) is 35.5 Å². The lowest BCUT2D eigenvalue weighted by molar-refractivity contribution is 0.220. The molecule has 18 heavy (non-hydrogen) atoms. The average Bonchev–Trinajstić information content (AvgIpc) is 2.83. The van der Waals surface area contributed by atoms with Crippen LogP contribution in [0.2, 0.25) is 0 Å². The minimum Gasteiger partial charge on any atom is -0.494 e. The zero-order valence-electron chi connectivity index (χ0n) is 10.7. The quantitative estimate of drug-likeness (QED) is 0.884. The fourth-order valence-electron chi connectivity index (χ4n) is 1.77. The monoisotopic (exact) mass is 262 g/mol. The second kappa shape index (κ2) is 6.03.